The van der Waals surface area contributed by atoms with Gasteiger partial charge in [-0.2, -0.15) is 0 Å². The molecule has 0 bridgehead atoms. The molecular weight excluding hydrogens is 420 g/mol. The Bertz CT molecular complexity index is 773. The van der Waals surface area contributed by atoms with Crippen molar-refractivity contribution in [1.82, 2.24) is 0 Å². The molecule has 2 rings (SSSR count). The quantitative estimate of drug-likeness (QED) is 0.385. The Morgan fingerprint density at radius 3 is 2.23 bits per heavy atom. The van der Waals surface area contributed by atoms with E-state index in [-0.39, 0.29) is 5.41 Å². The van der Waals surface area contributed by atoms with Crippen molar-refractivity contribution in [3.8, 4) is 5.75 Å². The SMILES string of the molecule is CN=Cc1cc(C)ccc1Pc1cc(C(C)(C)C)cc(C)c1O.[Cl][Ti][Cl]. The van der Waals surface area contributed by atoms with E-state index in [1.54, 1.807) is 7.05 Å². The zero-order valence-corrected chi connectivity index (χ0v) is 20.2. The molecule has 1 unspecified atom stereocenters. The topological polar surface area (TPSA) is 32.6 Å². The molecule has 1 N–H and O–H groups in total. The van der Waals surface area contributed by atoms with Crippen molar-refractivity contribution in [2.24, 2.45) is 4.99 Å². The predicted molar refractivity (Wildman–Crippen MR) is 116 cm³/mol. The van der Waals surface area contributed by atoms with Crippen molar-refractivity contribution in [2.45, 2.75) is 40.0 Å². The molecule has 0 amide bonds. The summed E-state index contributed by atoms with van der Waals surface area (Å²) >= 11 is -0.556. The second kappa shape index (κ2) is 10.8. The second-order valence-electron chi connectivity index (χ2n) is 7.11. The van der Waals surface area contributed by atoms with Crippen LogP contribution in [0.5, 0.6) is 5.75 Å². The van der Waals surface area contributed by atoms with Crippen molar-refractivity contribution in [2.75, 3.05) is 7.05 Å². The number of aryl methyl sites for hydroxylation is 2. The molecule has 6 heteroatoms. The summed E-state index contributed by atoms with van der Waals surface area (Å²) in [5.74, 6) is 0.413. The third-order valence-corrected chi connectivity index (χ3v) is 5.29. The zero-order chi connectivity index (χ0) is 19.9. The van der Waals surface area contributed by atoms with E-state index in [4.69, 9.17) is 18.6 Å². The minimum absolute atomic E-state index is 0.0681. The zero-order valence-electron chi connectivity index (χ0n) is 16.1. The van der Waals surface area contributed by atoms with Gasteiger partial charge < -0.3 is 5.11 Å². The standard InChI is InChI=1S/C20H26NOP.2ClH.Ti/c1-13-7-8-17(15(9-13)12-21-6)23-18-11-16(20(3,4)5)10-14(2)19(18)22;;;/h7-12,22-23H,1-6H3;2*1H;/q;;;+2/p-2. The molecule has 0 saturated heterocycles. The molecule has 2 nitrogen and oxygen atoms in total. The van der Waals surface area contributed by atoms with Gasteiger partial charge in [0.2, 0.25) is 0 Å². The van der Waals surface area contributed by atoms with Gasteiger partial charge in [0.05, 0.1) is 0 Å². The Hall–Kier alpha value is -0.366. The van der Waals surface area contributed by atoms with Crippen LogP contribution >= 0.6 is 27.2 Å². The van der Waals surface area contributed by atoms with Crippen molar-refractivity contribution >= 4 is 44.0 Å². The third-order valence-electron chi connectivity index (χ3n) is 3.91. The molecular formula is C20H26Cl2NOPTi. The number of aliphatic imine (C=N–C) groups is 1. The third kappa shape index (κ3) is 6.99. The average molecular weight is 446 g/mol. The molecule has 0 radical (unpaired) electrons. The molecule has 0 heterocycles. The summed E-state index contributed by atoms with van der Waals surface area (Å²) in [6.45, 7) is 10.7. The van der Waals surface area contributed by atoms with E-state index in [1.807, 2.05) is 13.1 Å². The Morgan fingerprint density at radius 1 is 1.08 bits per heavy atom. The number of hydrogen-bond acceptors (Lipinski definition) is 2. The fraction of sp³-hybridized carbons (Fsp3) is 0.350. The van der Waals surface area contributed by atoms with E-state index in [1.165, 1.54) is 16.4 Å². The Balaban J connectivity index is 0.00000105. The summed E-state index contributed by atoms with van der Waals surface area (Å²) < 4.78 is 0. The predicted octanol–water partition coefficient (Wildman–Crippen LogP) is 5.36. The van der Waals surface area contributed by atoms with E-state index in [9.17, 15) is 5.11 Å². The first-order valence-electron chi connectivity index (χ1n) is 8.24. The molecule has 140 valence electrons. The number of aromatic hydroxyl groups is 1. The van der Waals surface area contributed by atoms with Crippen LogP contribution in [0.3, 0.4) is 0 Å². The van der Waals surface area contributed by atoms with Gasteiger partial charge in [-0.15, -0.1) is 0 Å². The number of halogens is 2. The van der Waals surface area contributed by atoms with E-state index < -0.39 is 17.0 Å². The van der Waals surface area contributed by atoms with Gasteiger partial charge in [0.15, 0.2) is 0 Å². The average Bonchev–Trinajstić information content (AvgIpc) is 2.54. The molecule has 2 aromatic rings. The molecule has 26 heavy (non-hydrogen) atoms. The number of benzene rings is 2. The summed E-state index contributed by atoms with van der Waals surface area (Å²) in [7, 11) is 12.0. The van der Waals surface area contributed by atoms with Crippen molar-refractivity contribution in [3.05, 3.63) is 52.6 Å². The fourth-order valence-electron chi connectivity index (χ4n) is 2.49. The van der Waals surface area contributed by atoms with Crippen LogP contribution in [-0.2, 0) is 22.4 Å². The summed E-state index contributed by atoms with van der Waals surface area (Å²) in [4.78, 5) is 4.16. The number of nitrogens with zero attached hydrogens (tertiary/aromatic N) is 1. The summed E-state index contributed by atoms with van der Waals surface area (Å²) in [6.07, 6.45) is 1.90. The molecule has 0 fully saturated rings. The van der Waals surface area contributed by atoms with Gasteiger partial charge in [0.25, 0.3) is 0 Å². The number of phenols is 1. The van der Waals surface area contributed by atoms with E-state index in [0.29, 0.717) is 14.3 Å². The van der Waals surface area contributed by atoms with Crippen LogP contribution in [0.2, 0.25) is 0 Å². The molecule has 0 aliphatic carbocycles. The van der Waals surface area contributed by atoms with Crippen molar-refractivity contribution in [3.63, 3.8) is 0 Å². The van der Waals surface area contributed by atoms with Gasteiger partial charge in [-0.05, 0) is 47.8 Å². The van der Waals surface area contributed by atoms with Gasteiger partial charge in [-0.3, -0.25) is 4.99 Å². The minimum atomic E-state index is -0.556. The summed E-state index contributed by atoms with van der Waals surface area (Å²) in [6, 6.07) is 10.6. The molecule has 1 atom stereocenters. The maximum atomic E-state index is 10.5. The Morgan fingerprint density at radius 2 is 1.69 bits per heavy atom. The first-order chi connectivity index (χ1) is 12.1. The second-order valence-corrected chi connectivity index (χ2v) is 11.0. The maximum absolute atomic E-state index is 10.5. The number of rotatable bonds is 3. The summed E-state index contributed by atoms with van der Waals surface area (Å²) in [5.41, 5.74) is 4.62. The van der Waals surface area contributed by atoms with Crippen LogP contribution in [0.1, 0.15) is 43.0 Å². The van der Waals surface area contributed by atoms with Gasteiger partial charge in [-0.25, -0.2) is 0 Å². The van der Waals surface area contributed by atoms with E-state index >= 15 is 0 Å². The van der Waals surface area contributed by atoms with E-state index in [2.05, 4.69) is 63.0 Å². The van der Waals surface area contributed by atoms with Crippen LogP contribution < -0.4 is 10.6 Å². The van der Waals surface area contributed by atoms with Crippen molar-refractivity contribution in [1.29, 1.82) is 0 Å². The van der Waals surface area contributed by atoms with Crippen LogP contribution in [-0.4, -0.2) is 18.4 Å². The number of hydrogen-bond donors (Lipinski definition) is 1. The van der Waals surface area contributed by atoms with Crippen LogP contribution in [0, 0.1) is 13.8 Å². The first kappa shape index (κ1) is 23.7. The number of phenolic OH excluding ortho intramolecular Hbond substituents is 1. The van der Waals surface area contributed by atoms with Crippen LogP contribution in [0.15, 0.2) is 35.3 Å². The summed E-state index contributed by atoms with van der Waals surface area (Å²) in [5, 5.41) is 12.7. The molecule has 0 spiro atoms. The van der Waals surface area contributed by atoms with Gasteiger partial charge in [0.1, 0.15) is 5.75 Å². The first-order valence-corrected chi connectivity index (χ1v) is 13.5. The van der Waals surface area contributed by atoms with Crippen LogP contribution in [0.4, 0.5) is 0 Å². The Labute approximate surface area is 175 Å². The monoisotopic (exact) mass is 445 g/mol. The molecule has 0 saturated carbocycles. The van der Waals surface area contributed by atoms with Gasteiger partial charge in [0, 0.05) is 24.1 Å². The molecule has 0 aromatic heterocycles. The van der Waals surface area contributed by atoms with Gasteiger partial charge in [-0.1, -0.05) is 53.1 Å². The van der Waals surface area contributed by atoms with E-state index in [0.717, 1.165) is 16.4 Å². The molecule has 2 aromatic carbocycles. The molecule has 0 aliphatic rings. The normalized spacial score (nSPS) is 11.7. The fourth-order valence-corrected chi connectivity index (χ4v) is 3.78. The van der Waals surface area contributed by atoms with Crippen LogP contribution in [0.25, 0.3) is 0 Å². The van der Waals surface area contributed by atoms with Crippen molar-refractivity contribution < 1.29 is 22.1 Å². The molecule has 0 aliphatic heterocycles. The van der Waals surface area contributed by atoms with Gasteiger partial charge >= 0.3 is 35.6 Å². The Kier molecular flexibility index (Phi) is 9.87.